The minimum absolute atomic E-state index is 0.208. The lowest BCUT2D eigenvalue weighted by molar-refractivity contribution is 0.457. The van der Waals surface area contributed by atoms with Crippen LogP contribution in [0.25, 0.3) is 0 Å². The summed E-state index contributed by atoms with van der Waals surface area (Å²) in [6, 6.07) is 0. The molecule has 9 heavy (non-hydrogen) atoms. The first-order valence-corrected chi connectivity index (χ1v) is 2.81. The second kappa shape index (κ2) is 1.98. The predicted octanol–water partition coefficient (Wildman–Crippen LogP) is 0.540. The zero-order valence-corrected chi connectivity index (χ0v) is 4.94. The fourth-order valence-electron chi connectivity index (χ4n) is 0.374. The number of hydrogen-bond donors (Lipinski definition) is 2. The largest absolute Gasteiger partial charge is 0.492 e. The van der Waals surface area contributed by atoms with Crippen LogP contribution < -0.4 is 4.87 Å². The zero-order chi connectivity index (χ0) is 6.85. The average molecular weight is 146 g/mol. The van der Waals surface area contributed by atoms with Crippen molar-refractivity contribution >= 4 is 16.3 Å². The summed E-state index contributed by atoms with van der Waals surface area (Å²) in [5.74, 6) is -0.458. The van der Waals surface area contributed by atoms with Crippen LogP contribution in [0.4, 0.5) is 5.00 Å². The average Bonchev–Trinajstić information content (AvgIpc) is 2.10. The molecule has 0 spiro atoms. The molecular formula is C3H2N2O3S. The second-order valence-electron chi connectivity index (χ2n) is 1.26. The maximum absolute atomic E-state index is 10.3. The van der Waals surface area contributed by atoms with Crippen LogP contribution in [0.15, 0.2) is 9.97 Å². The first-order chi connectivity index (χ1) is 4.24. The van der Waals surface area contributed by atoms with E-state index in [0.717, 1.165) is 0 Å². The van der Waals surface area contributed by atoms with Gasteiger partial charge in [-0.15, -0.1) is 4.91 Å². The summed E-state index contributed by atoms with van der Waals surface area (Å²) in [5.41, 5.74) is 0. The number of aromatic nitrogens is 1. The molecule has 1 heterocycles. The Morgan fingerprint density at radius 1 is 1.67 bits per heavy atom. The Morgan fingerprint density at radius 2 is 2.33 bits per heavy atom. The van der Waals surface area contributed by atoms with Gasteiger partial charge in [0, 0.05) is 0 Å². The minimum Gasteiger partial charge on any atom is -0.492 e. The van der Waals surface area contributed by atoms with E-state index in [-0.39, 0.29) is 5.00 Å². The molecule has 0 aliphatic heterocycles. The quantitative estimate of drug-likeness (QED) is 0.567. The molecule has 0 fully saturated rings. The van der Waals surface area contributed by atoms with Crippen molar-refractivity contribution in [2.24, 2.45) is 5.18 Å². The number of rotatable bonds is 1. The third-order valence-electron chi connectivity index (χ3n) is 0.695. The summed E-state index contributed by atoms with van der Waals surface area (Å²) in [5, 5.41) is 10.8. The predicted molar refractivity (Wildman–Crippen MR) is 32.1 cm³/mol. The number of aromatic hydroxyl groups is 1. The fourth-order valence-corrected chi connectivity index (χ4v) is 0.882. The van der Waals surface area contributed by atoms with E-state index in [1.54, 1.807) is 0 Å². The molecule has 0 saturated heterocycles. The van der Waals surface area contributed by atoms with Crippen molar-refractivity contribution in [1.82, 2.24) is 4.98 Å². The number of nitrogens with zero attached hydrogens (tertiary/aromatic N) is 1. The molecule has 2 N–H and O–H groups in total. The van der Waals surface area contributed by atoms with Crippen LogP contribution in [0, 0.1) is 4.91 Å². The highest BCUT2D eigenvalue weighted by Gasteiger charge is 2.04. The van der Waals surface area contributed by atoms with Crippen molar-refractivity contribution in [3.63, 3.8) is 0 Å². The van der Waals surface area contributed by atoms with Crippen molar-refractivity contribution in [3.8, 4) is 5.88 Å². The normalized spacial score (nSPS) is 9.33. The first-order valence-electron chi connectivity index (χ1n) is 1.99. The summed E-state index contributed by atoms with van der Waals surface area (Å²) in [6.07, 6.45) is 0. The highest BCUT2D eigenvalue weighted by atomic mass is 32.1. The van der Waals surface area contributed by atoms with Gasteiger partial charge >= 0.3 is 4.87 Å². The van der Waals surface area contributed by atoms with Crippen LogP contribution in [0.1, 0.15) is 0 Å². The summed E-state index contributed by atoms with van der Waals surface area (Å²) >= 11 is 0.574. The SMILES string of the molecule is O=Nc1sc(=O)[nH]c1O. The van der Waals surface area contributed by atoms with Crippen LogP contribution in [-0.4, -0.2) is 10.1 Å². The molecule has 0 radical (unpaired) electrons. The number of nitroso groups, excluding NO2 is 1. The number of aromatic amines is 1. The van der Waals surface area contributed by atoms with Gasteiger partial charge in [0.1, 0.15) is 0 Å². The molecule has 0 aliphatic rings. The molecule has 1 rings (SSSR count). The van der Waals surface area contributed by atoms with Crippen LogP contribution in [0.5, 0.6) is 5.88 Å². The summed E-state index contributed by atoms with van der Waals surface area (Å²) < 4.78 is 0. The van der Waals surface area contributed by atoms with Crippen LogP contribution in [0.2, 0.25) is 0 Å². The topological polar surface area (TPSA) is 82.5 Å². The third-order valence-corrected chi connectivity index (χ3v) is 1.44. The number of thiazole rings is 1. The maximum atomic E-state index is 10.3. The van der Waals surface area contributed by atoms with Crippen molar-refractivity contribution in [3.05, 3.63) is 14.6 Å². The summed E-state index contributed by atoms with van der Waals surface area (Å²) in [7, 11) is 0. The Morgan fingerprint density at radius 3 is 2.56 bits per heavy atom. The lowest BCUT2D eigenvalue weighted by atomic mass is 10.8. The molecule has 0 atom stereocenters. The van der Waals surface area contributed by atoms with Gasteiger partial charge in [0.2, 0.25) is 10.9 Å². The molecule has 1 aromatic heterocycles. The molecule has 0 unspecified atom stereocenters. The Kier molecular flexibility index (Phi) is 1.31. The summed E-state index contributed by atoms with van der Waals surface area (Å²) in [4.78, 5) is 21.5. The van der Waals surface area contributed by atoms with Crippen LogP contribution in [0.3, 0.4) is 0 Å². The Labute approximate surface area is 52.9 Å². The van der Waals surface area contributed by atoms with Gasteiger partial charge in [0.05, 0.1) is 0 Å². The zero-order valence-electron chi connectivity index (χ0n) is 4.12. The lowest BCUT2D eigenvalue weighted by Crippen LogP contribution is -1.88. The molecule has 48 valence electrons. The molecule has 1 aromatic rings. The molecule has 6 heteroatoms. The van der Waals surface area contributed by atoms with Gasteiger partial charge in [-0.1, -0.05) is 0 Å². The van der Waals surface area contributed by atoms with E-state index in [1.807, 2.05) is 4.98 Å². The van der Waals surface area contributed by atoms with Crippen molar-refractivity contribution < 1.29 is 5.11 Å². The van der Waals surface area contributed by atoms with E-state index in [0.29, 0.717) is 11.3 Å². The summed E-state index contributed by atoms with van der Waals surface area (Å²) in [6.45, 7) is 0. The smallest absolute Gasteiger partial charge is 0.309 e. The van der Waals surface area contributed by atoms with E-state index in [2.05, 4.69) is 5.18 Å². The lowest BCUT2D eigenvalue weighted by Gasteiger charge is -1.76. The highest BCUT2D eigenvalue weighted by Crippen LogP contribution is 2.24. The fraction of sp³-hybridized carbons (Fsp3) is 0. The second-order valence-corrected chi connectivity index (χ2v) is 2.22. The molecule has 0 saturated carbocycles. The first kappa shape index (κ1) is 5.96. The number of H-pyrrole nitrogens is 1. The molecule has 0 aromatic carbocycles. The van der Waals surface area contributed by atoms with E-state index in [1.165, 1.54) is 0 Å². The van der Waals surface area contributed by atoms with E-state index in [9.17, 15) is 9.70 Å². The van der Waals surface area contributed by atoms with Gasteiger partial charge in [-0.05, 0) is 16.5 Å². The molecular weight excluding hydrogens is 144 g/mol. The van der Waals surface area contributed by atoms with Crippen molar-refractivity contribution in [1.29, 1.82) is 0 Å². The van der Waals surface area contributed by atoms with Gasteiger partial charge in [0.25, 0.3) is 0 Å². The van der Waals surface area contributed by atoms with E-state index in [4.69, 9.17) is 5.11 Å². The van der Waals surface area contributed by atoms with Crippen molar-refractivity contribution in [2.45, 2.75) is 0 Å². The standard InChI is InChI=1S/C3H2N2O3S/c6-1-2(5-8)9-3(7)4-1/h6H,(H,4,7). The number of hydrogen-bond acceptors (Lipinski definition) is 5. The third kappa shape index (κ3) is 0.968. The van der Waals surface area contributed by atoms with Crippen LogP contribution >= 0.6 is 11.3 Å². The van der Waals surface area contributed by atoms with Gasteiger partial charge in [-0.25, -0.2) is 0 Å². The van der Waals surface area contributed by atoms with Crippen molar-refractivity contribution in [2.75, 3.05) is 0 Å². The van der Waals surface area contributed by atoms with Gasteiger partial charge in [-0.2, -0.15) is 0 Å². The van der Waals surface area contributed by atoms with Gasteiger partial charge in [-0.3, -0.25) is 9.78 Å². The number of nitrogens with one attached hydrogen (secondary N) is 1. The minimum atomic E-state index is -0.484. The monoisotopic (exact) mass is 146 g/mol. The Hall–Kier alpha value is -1.17. The Balaban J connectivity index is 3.31. The van der Waals surface area contributed by atoms with Gasteiger partial charge in [0.15, 0.2) is 0 Å². The van der Waals surface area contributed by atoms with Gasteiger partial charge < -0.3 is 5.11 Å². The van der Waals surface area contributed by atoms with Crippen LogP contribution in [-0.2, 0) is 0 Å². The molecule has 0 bridgehead atoms. The Bertz CT molecular complexity index is 275. The molecule has 0 amide bonds. The molecule has 0 aliphatic carbocycles. The maximum Gasteiger partial charge on any atom is 0.309 e. The highest BCUT2D eigenvalue weighted by molar-refractivity contribution is 7.13. The van der Waals surface area contributed by atoms with E-state index < -0.39 is 10.8 Å². The van der Waals surface area contributed by atoms with E-state index >= 15 is 0 Å². The molecule has 5 nitrogen and oxygen atoms in total.